The molecule has 0 heterocycles. The molecule has 0 bridgehead atoms. The van der Waals surface area contributed by atoms with Crippen LogP contribution in [0.5, 0.6) is 0 Å². The first kappa shape index (κ1) is 19.6. The number of ether oxygens (including phenoxy) is 1. The molecule has 0 aliphatic heterocycles. The van der Waals surface area contributed by atoms with Crippen LogP contribution in [0.15, 0.2) is 23.2 Å². The van der Waals surface area contributed by atoms with E-state index in [0.29, 0.717) is 31.6 Å². The minimum atomic E-state index is -0.288. The second-order valence-corrected chi connectivity index (χ2v) is 4.52. The molecule has 0 saturated carbocycles. The molecule has 0 amide bonds. The van der Waals surface area contributed by atoms with Crippen molar-refractivity contribution in [2.75, 3.05) is 13.2 Å². The average Bonchev–Trinajstić information content (AvgIpc) is 2.08. The molecule has 0 unspecified atom stereocenters. The van der Waals surface area contributed by atoms with Gasteiger partial charge >= 0.3 is 37.7 Å². The number of rotatable bonds is 4. The van der Waals surface area contributed by atoms with Crippen molar-refractivity contribution < 1.29 is 52.7 Å². The fraction of sp³-hybridized carbons (Fsp3) is 0.667. The smallest absolute Gasteiger partial charge is 0.875 e. The third-order valence-corrected chi connectivity index (χ3v) is 2.47. The van der Waals surface area contributed by atoms with E-state index in [1.807, 2.05) is 20.8 Å². The first-order valence-corrected chi connectivity index (χ1v) is 5.33. The first-order chi connectivity index (χ1) is 6.96. The van der Waals surface area contributed by atoms with Gasteiger partial charge in [-0.1, -0.05) is 25.5 Å². The molecule has 86 valence electrons. The molecule has 3 nitrogen and oxygen atoms in total. The summed E-state index contributed by atoms with van der Waals surface area (Å²) in [5.41, 5.74) is 0.117. The topological polar surface area (TPSA) is 55.3 Å². The van der Waals surface area contributed by atoms with E-state index < -0.39 is 0 Å². The van der Waals surface area contributed by atoms with Crippen molar-refractivity contribution in [3.05, 3.63) is 23.2 Å². The van der Waals surface area contributed by atoms with Crippen molar-refractivity contribution in [3.63, 3.8) is 0 Å². The van der Waals surface area contributed by atoms with E-state index in [0.717, 1.165) is 0 Å². The molecule has 0 atom stereocenters. The molecule has 0 N–H and O–H groups in total. The zero-order valence-corrected chi connectivity index (χ0v) is 11.6. The molecular weight excluding hydrogens is 206 g/mol. The van der Waals surface area contributed by atoms with E-state index >= 15 is 0 Å². The first-order valence-electron chi connectivity index (χ1n) is 5.33. The third kappa shape index (κ3) is 6.09. The monoisotopic (exact) mass is 224 g/mol. The van der Waals surface area contributed by atoms with Crippen LogP contribution in [-0.4, -0.2) is 13.2 Å². The van der Waals surface area contributed by atoms with Gasteiger partial charge in [0.25, 0.3) is 0 Å². The van der Waals surface area contributed by atoms with Gasteiger partial charge in [0.2, 0.25) is 0 Å². The molecule has 0 aromatic heterocycles. The molecule has 1 aliphatic carbocycles. The van der Waals surface area contributed by atoms with Gasteiger partial charge in [-0.15, -0.1) is 11.5 Å². The predicted octanol–water partition coefficient (Wildman–Crippen LogP) is -5.29. The summed E-state index contributed by atoms with van der Waals surface area (Å²) >= 11 is 0. The summed E-state index contributed by atoms with van der Waals surface area (Å²) in [6.07, 6.45) is 2.52. The van der Waals surface area contributed by atoms with E-state index in [1.165, 1.54) is 0 Å². The van der Waals surface area contributed by atoms with Gasteiger partial charge in [0.15, 0.2) is 0 Å². The average molecular weight is 224 g/mol. The predicted molar refractivity (Wildman–Crippen MR) is 54.6 cm³/mol. The Morgan fingerprint density at radius 2 is 1.88 bits per heavy atom. The van der Waals surface area contributed by atoms with Crippen molar-refractivity contribution in [3.8, 4) is 0 Å². The van der Waals surface area contributed by atoms with Crippen LogP contribution in [0.2, 0.25) is 0 Å². The van der Waals surface area contributed by atoms with Crippen molar-refractivity contribution in [2.45, 2.75) is 33.6 Å². The van der Waals surface area contributed by atoms with Crippen LogP contribution < -0.4 is 47.9 Å². The van der Waals surface area contributed by atoms with Crippen LogP contribution in [0, 0.1) is 5.41 Å². The van der Waals surface area contributed by atoms with Crippen LogP contribution in [-0.2, 0) is 4.74 Å². The zero-order valence-electron chi connectivity index (χ0n) is 11.6. The summed E-state index contributed by atoms with van der Waals surface area (Å²) in [5.74, 6) is -0.136. The van der Waals surface area contributed by atoms with Crippen molar-refractivity contribution in [2.24, 2.45) is 5.41 Å². The molecule has 0 aromatic carbocycles. The molecule has 0 fully saturated rings. The Balaban J connectivity index is 0. The molecule has 17 heavy (non-hydrogen) atoms. The van der Waals surface area contributed by atoms with Gasteiger partial charge in [-0.3, -0.25) is 0 Å². The van der Waals surface area contributed by atoms with Crippen LogP contribution in [0.4, 0.5) is 0 Å². The van der Waals surface area contributed by atoms with Crippen LogP contribution >= 0.6 is 0 Å². The Morgan fingerprint density at radius 3 is 2.35 bits per heavy atom. The number of hydrogen-bond donors (Lipinski definition) is 0. The van der Waals surface area contributed by atoms with Gasteiger partial charge in [0, 0.05) is 6.61 Å². The van der Waals surface area contributed by atoms with Gasteiger partial charge in [0.1, 0.15) is 0 Å². The molecule has 1 rings (SSSR count). The normalized spacial score (nSPS) is 17.9. The second-order valence-electron chi connectivity index (χ2n) is 4.52. The zero-order chi connectivity index (χ0) is 11.5. The number of hydrogen-bond acceptors (Lipinski definition) is 3. The van der Waals surface area contributed by atoms with E-state index in [1.54, 1.807) is 6.08 Å². The Bertz CT molecular complexity index is 296. The van der Waals surface area contributed by atoms with Crippen molar-refractivity contribution in [1.29, 1.82) is 0 Å². The van der Waals surface area contributed by atoms with Crippen molar-refractivity contribution in [1.82, 2.24) is 0 Å². The minimum absolute atomic E-state index is 0. The van der Waals surface area contributed by atoms with Gasteiger partial charge in [-0.2, -0.15) is 0 Å². The van der Waals surface area contributed by atoms with Gasteiger partial charge < -0.3 is 14.9 Å². The molecular formula is C12H18Li2O3. The largest absolute Gasteiger partial charge is 1.00 e. The fourth-order valence-corrected chi connectivity index (χ4v) is 1.73. The van der Waals surface area contributed by atoms with Gasteiger partial charge in [-0.25, -0.2) is 0 Å². The summed E-state index contributed by atoms with van der Waals surface area (Å²) in [6.45, 7) is 6.77. The van der Waals surface area contributed by atoms with Crippen molar-refractivity contribution >= 4 is 0 Å². The SMILES string of the molecule is CCOCCC1=C([O-])CC(C)(C)C=C1[O-].[Li+].[Li+]. The Kier molecular flexibility index (Phi) is 9.62. The van der Waals surface area contributed by atoms with E-state index in [-0.39, 0.29) is 54.7 Å². The number of allylic oxidation sites excluding steroid dienone is 3. The Labute approximate surface area is 128 Å². The van der Waals surface area contributed by atoms with E-state index in [2.05, 4.69) is 0 Å². The molecule has 0 aromatic rings. The van der Waals surface area contributed by atoms with Crippen LogP contribution in [0.3, 0.4) is 0 Å². The molecule has 1 aliphatic rings. The minimum Gasteiger partial charge on any atom is -0.875 e. The maximum atomic E-state index is 11.7. The standard InChI is InChI=1S/C12H20O3.2Li/c1-4-15-6-5-9-10(13)7-12(2,3)8-11(9)14;;/h7,13-14H,4-6,8H2,1-3H3;;/q;2*+1/p-2. The van der Waals surface area contributed by atoms with E-state index in [9.17, 15) is 10.2 Å². The van der Waals surface area contributed by atoms with E-state index in [4.69, 9.17) is 4.74 Å². The third-order valence-electron chi connectivity index (χ3n) is 2.47. The van der Waals surface area contributed by atoms with Crippen LogP contribution in [0.25, 0.3) is 0 Å². The summed E-state index contributed by atoms with van der Waals surface area (Å²) in [4.78, 5) is 0. The maximum absolute atomic E-state index is 11.7. The molecule has 0 saturated heterocycles. The quantitative estimate of drug-likeness (QED) is 0.354. The summed E-state index contributed by atoms with van der Waals surface area (Å²) in [5, 5.41) is 23.3. The Morgan fingerprint density at radius 1 is 1.29 bits per heavy atom. The second kappa shape index (κ2) is 8.36. The Hall–Kier alpha value is 0.235. The van der Waals surface area contributed by atoms with Gasteiger partial charge in [-0.05, 0) is 25.2 Å². The summed E-state index contributed by atoms with van der Waals surface area (Å²) in [6, 6.07) is 0. The van der Waals surface area contributed by atoms with Gasteiger partial charge in [0.05, 0.1) is 6.61 Å². The summed E-state index contributed by atoms with van der Waals surface area (Å²) in [7, 11) is 0. The molecule has 5 heteroatoms. The summed E-state index contributed by atoms with van der Waals surface area (Å²) < 4.78 is 5.15. The maximum Gasteiger partial charge on any atom is 1.00 e. The van der Waals surface area contributed by atoms with Crippen LogP contribution in [0.1, 0.15) is 33.6 Å². The molecule has 0 radical (unpaired) electrons. The molecule has 0 spiro atoms. The fourth-order valence-electron chi connectivity index (χ4n) is 1.73.